The summed E-state index contributed by atoms with van der Waals surface area (Å²) in [7, 11) is 1.13. The van der Waals surface area contributed by atoms with Gasteiger partial charge in [-0.2, -0.15) is 5.26 Å². The number of methoxy groups -OCH3 is 1. The Morgan fingerprint density at radius 3 is 2.61 bits per heavy atom. The molecule has 2 N–H and O–H groups in total. The lowest BCUT2D eigenvalue weighted by atomic mass is 10.1. The zero-order valence-corrected chi connectivity index (χ0v) is 9.38. The van der Waals surface area contributed by atoms with E-state index in [4.69, 9.17) is 10.4 Å². The van der Waals surface area contributed by atoms with Gasteiger partial charge in [-0.05, 0) is 23.8 Å². The summed E-state index contributed by atoms with van der Waals surface area (Å²) in [6, 6.07) is 5.34. The van der Waals surface area contributed by atoms with Gasteiger partial charge < -0.3 is 14.9 Å². The van der Waals surface area contributed by atoms with Gasteiger partial charge in [0.1, 0.15) is 23.0 Å². The highest BCUT2D eigenvalue weighted by Crippen LogP contribution is 2.20. The van der Waals surface area contributed by atoms with Gasteiger partial charge in [-0.25, -0.2) is 9.59 Å². The van der Waals surface area contributed by atoms with E-state index in [2.05, 4.69) is 4.74 Å². The lowest BCUT2D eigenvalue weighted by Gasteiger charge is -2.01. The van der Waals surface area contributed by atoms with Crippen LogP contribution in [0.25, 0.3) is 6.08 Å². The molecule has 6 nitrogen and oxygen atoms in total. The molecule has 0 unspecified atom stereocenters. The number of esters is 1. The summed E-state index contributed by atoms with van der Waals surface area (Å²) in [6.07, 6.45) is 1.18. The maximum absolute atomic E-state index is 11.2. The molecule has 0 aromatic heterocycles. The van der Waals surface area contributed by atoms with Crippen molar-refractivity contribution in [3.05, 3.63) is 34.9 Å². The molecule has 0 radical (unpaired) electrons. The Morgan fingerprint density at radius 2 is 2.11 bits per heavy atom. The highest BCUT2D eigenvalue weighted by Gasteiger charge is 2.12. The van der Waals surface area contributed by atoms with Crippen molar-refractivity contribution in [1.29, 1.82) is 5.26 Å². The molecule has 92 valence electrons. The number of carbonyl (C=O) groups is 2. The van der Waals surface area contributed by atoms with Gasteiger partial charge in [-0.3, -0.25) is 0 Å². The Bertz CT molecular complexity index is 568. The number of carbonyl (C=O) groups excluding carboxylic acids is 1. The van der Waals surface area contributed by atoms with Crippen molar-refractivity contribution in [3.8, 4) is 11.8 Å². The van der Waals surface area contributed by atoms with Gasteiger partial charge in [-0.1, -0.05) is 6.07 Å². The minimum atomic E-state index is -1.31. The van der Waals surface area contributed by atoms with Gasteiger partial charge in [0, 0.05) is 0 Å². The van der Waals surface area contributed by atoms with Gasteiger partial charge in [0.2, 0.25) is 0 Å². The molecular weight excluding hydrogens is 238 g/mol. The van der Waals surface area contributed by atoms with Gasteiger partial charge in [0.25, 0.3) is 0 Å². The number of carboxylic acids is 1. The van der Waals surface area contributed by atoms with Crippen LogP contribution in [0.15, 0.2) is 23.8 Å². The third kappa shape index (κ3) is 2.86. The Hall–Kier alpha value is -2.81. The quantitative estimate of drug-likeness (QED) is 0.471. The molecule has 0 heterocycles. The first-order valence-corrected chi connectivity index (χ1v) is 4.76. The Balaban J connectivity index is 3.23. The van der Waals surface area contributed by atoms with Crippen molar-refractivity contribution >= 4 is 18.0 Å². The van der Waals surface area contributed by atoms with E-state index in [1.807, 2.05) is 0 Å². The number of hydrogen-bond donors (Lipinski definition) is 2. The van der Waals surface area contributed by atoms with Crippen molar-refractivity contribution in [2.75, 3.05) is 7.11 Å². The molecule has 0 saturated heterocycles. The number of carboxylic acid groups (broad SMARTS) is 1. The smallest absolute Gasteiger partial charge is 0.348 e. The predicted octanol–water partition coefficient (Wildman–Crippen LogP) is 1.17. The summed E-state index contributed by atoms with van der Waals surface area (Å²) in [5, 5.41) is 26.8. The number of ether oxygens (including phenoxy) is 1. The van der Waals surface area contributed by atoms with E-state index >= 15 is 0 Å². The number of aromatic carboxylic acids is 1. The van der Waals surface area contributed by atoms with Crippen LogP contribution < -0.4 is 0 Å². The van der Waals surface area contributed by atoms with E-state index in [0.29, 0.717) is 5.56 Å². The second kappa shape index (κ2) is 5.50. The summed E-state index contributed by atoms with van der Waals surface area (Å²) >= 11 is 0. The van der Waals surface area contributed by atoms with Crippen LogP contribution >= 0.6 is 0 Å². The minimum absolute atomic E-state index is 0.264. The largest absolute Gasteiger partial charge is 0.507 e. The highest BCUT2D eigenvalue weighted by atomic mass is 16.5. The SMILES string of the molecule is COC(=O)C(C#N)=Cc1ccc(O)c(C(=O)O)c1. The van der Waals surface area contributed by atoms with Gasteiger partial charge in [0.15, 0.2) is 0 Å². The third-order valence-electron chi connectivity index (χ3n) is 2.09. The first-order valence-electron chi connectivity index (χ1n) is 4.76. The van der Waals surface area contributed by atoms with Crippen molar-refractivity contribution in [1.82, 2.24) is 0 Å². The van der Waals surface area contributed by atoms with Crippen LogP contribution in [0.4, 0.5) is 0 Å². The van der Waals surface area contributed by atoms with E-state index in [0.717, 1.165) is 13.2 Å². The lowest BCUT2D eigenvalue weighted by molar-refractivity contribution is -0.135. The molecule has 6 heteroatoms. The summed E-state index contributed by atoms with van der Waals surface area (Å²) in [5.74, 6) is -2.52. The summed E-state index contributed by atoms with van der Waals surface area (Å²) in [4.78, 5) is 21.9. The zero-order chi connectivity index (χ0) is 13.7. The first-order chi connectivity index (χ1) is 8.49. The number of nitriles is 1. The number of phenols is 1. The maximum Gasteiger partial charge on any atom is 0.348 e. The number of aromatic hydroxyl groups is 1. The van der Waals surface area contributed by atoms with Crippen LogP contribution in [-0.2, 0) is 9.53 Å². The monoisotopic (exact) mass is 247 g/mol. The summed E-state index contributed by atoms with van der Waals surface area (Å²) in [5.41, 5.74) is -0.280. The van der Waals surface area contributed by atoms with Gasteiger partial charge in [0.05, 0.1) is 7.11 Å². The number of benzene rings is 1. The Morgan fingerprint density at radius 1 is 1.44 bits per heavy atom. The standard InChI is InChI=1S/C12H9NO5/c1-18-12(17)8(6-13)4-7-2-3-10(14)9(5-7)11(15)16/h2-5,14H,1H3,(H,15,16). The number of nitrogens with zero attached hydrogens (tertiary/aromatic N) is 1. The molecule has 0 amide bonds. The molecule has 0 atom stereocenters. The van der Waals surface area contributed by atoms with E-state index in [1.54, 1.807) is 6.07 Å². The topological polar surface area (TPSA) is 108 Å². The zero-order valence-electron chi connectivity index (χ0n) is 9.38. The fraction of sp³-hybridized carbons (Fsp3) is 0.0833. The molecule has 0 bridgehead atoms. The third-order valence-corrected chi connectivity index (χ3v) is 2.09. The van der Waals surface area contributed by atoms with Crippen molar-refractivity contribution in [2.45, 2.75) is 0 Å². The van der Waals surface area contributed by atoms with Gasteiger partial charge >= 0.3 is 11.9 Å². The van der Waals surface area contributed by atoms with E-state index in [-0.39, 0.29) is 11.1 Å². The molecule has 0 spiro atoms. The summed E-state index contributed by atoms with van der Waals surface area (Å²) < 4.78 is 4.38. The van der Waals surface area contributed by atoms with Gasteiger partial charge in [-0.15, -0.1) is 0 Å². The van der Waals surface area contributed by atoms with Crippen LogP contribution in [0.3, 0.4) is 0 Å². The number of rotatable bonds is 3. The van der Waals surface area contributed by atoms with E-state index in [9.17, 15) is 14.7 Å². The maximum atomic E-state index is 11.2. The molecule has 0 saturated carbocycles. The van der Waals surface area contributed by atoms with Crippen molar-refractivity contribution in [2.24, 2.45) is 0 Å². The van der Waals surface area contributed by atoms with Crippen LogP contribution in [-0.4, -0.2) is 29.3 Å². The van der Waals surface area contributed by atoms with Crippen LogP contribution in [0.5, 0.6) is 5.75 Å². The molecular formula is C12H9NO5. The minimum Gasteiger partial charge on any atom is -0.507 e. The lowest BCUT2D eigenvalue weighted by Crippen LogP contribution is -2.03. The highest BCUT2D eigenvalue weighted by molar-refractivity contribution is 5.98. The second-order valence-corrected chi connectivity index (χ2v) is 3.24. The van der Waals surface area contributed by atoms with Crippen molar-refractivity contribution in [3.63, 3.8) is 0 Å². The Labute approximate surface area is 102 Å². The average molecular weight is 247 g/mol. The molecule has 0 aliphatic rings. The summed E-state index contributed by atoms with van der Waals surface area (Å²) in [6.45, 7) is 0. The second-order valence-electron chi connectivity index (χ2n) is 3.24. The molecule has 0 fully saturated rings. The molecule has 1 aromatic carbocycles. The van der Waals surface area contributed by atoms with E-state index < -0.39 is 17.7 Å². The predicted molar refractivity (Wildman–Crippen MR) is 60.7 cm³/mol. The molecule has 0 aliphatic heterocycles. The normalized spacial score (nSPS) is 10.6. The number of hydrogen-bond acceptors (Lipinski definition) is 5. The fourth-order valence-corrected chi connectivity index (χ4v) is 1.23. The Kier molecular flexibility index (Phi) is 4.05. The fourth-order valence-electron chi connectivity index (χ4n) is 1.23. The molecule has 1 aromatic rings. The van der Waals surface area contributed by atoms with E-state index in [1.165, 1.54) is 18.2 Å². The van der Waals surface area contributed by atoms with Crippen LogP contribution in [0.1, 0.15) is 15.9 Å². The molecule has 0 aliphatic carbocycles. The van der Waals surface area contributed by atoms with Crippen LogP contribution in [0.2, 0.25) is 0 Å². The van der Waals surface area contributed by atoms with Crippen LogP contribution in [0, 0.1) is 11.3 Å². The van der Waals surface area contributed by atoms with Crippen molar-refractivity contribution < 1.29 is 24.5 Å². The molecule has 1 rings (SSSR count). The average Bonchev–Trinajstić information content (AvgIpc) is 2.36. The molecule has 18 heavy (non-hydrogen) atoms. The first kappa shape index (κ1) is 13.3.